The van der Waals surface area contributed by atoms with E-state index in [9.17, 15) is 9.59 Å². The maximum Gasteiger partial charge on any atom is 0.262 e. The number of hydrogen-bond donors (Lipinski definition) is 2. The second-order valence-electron chi connectivity index (χ2n) is 3.76. The van der Waals surface area contributed by atoms with Crippen molar-refractivity contribution >= 4 is 23.8 Å². The first-order valence-electron chi connectivity index (χ1n) is 5.59. The molecule has 3 N–H and O–H groups in total. The average Bonchev–Trinajstić information content (AvgIpc) is 2.46. The molecule has 0 aliphatic carbocycles. The molecule has 0 spiro atoms. The average molecular weight is 272 g/mol. The van der Waals surface area contributed by atoms with Crippen molar-refractivity contribution in [2.45, 2.75) is 4.90 Å². The topological polar surface area (TPSA) is 72.2 Å². The Morgan fingerprint density at radius 3 is 2.11 bits per heavy atom. The monoisotopic (exact) mass is 272 g/mol. The van der Waals surface area contributed by atoms with E-state index in [1.54, 1.807) is 18.2 Å². The molecule has 2 rings (SSSR count). The largest absolute Gasteiger partial charge is 0.366 e. The van der Waals surface area contributed by atoms with Gasteiger partial charge in [-0.05, 0) is 36.2 Å². The lowest BCUT2D eigenvalue weighted by Gasteiger charge is -2.07. The molecule has 2 aromatic carbocycles. The minimum absolute atomic E-state index is 0.216. The third-order valence-corrected chi connectivity index (χ3v) is 3.24. The van der Waals surface area contributed by atoms with Gasteiger partial charge in [-0.2, -0.15) is 0 Å². The van der Waals surface area contributed by atoms with Crippen molar-refractivity contribution in [1.82, 2.24) is 4.72 Å². The SMILES string of the molecule is NC(=O)c1ccccc1C(=O)NSc1ccccc1. The van der Waals surface area contributed by atoms with E-state index >= 15 is 0 Å². The van der Waals surface area contributed by atoms with Gasteiger partial charge >= 0.3 is 0 Å². The van der Waals surface area contributed by atoms with Crippen molar-refractivity contribution in [3.63, 3.8) is 0 Å². The van der Waals surface area contributed by atoms with Crippen molar-refractivity contribution in [2.75, 3.05) is 0 Å². The number of carbonyl (C=O) groups is 2. The summed E-state index contributed by atoms with van der Waals surface area (Å²) >= 11 is 1.19. The second kappa shape index (κ2) is 6.06. The fraction of sp³-hybridized carbons (Fsp3) is 0. The number of carbonyl (C=O) groups excluding carboxylic acids is 2. The van der Waals surface area contributed by atoms with Crippen LogP contribution in [0.5, 0.6) is 0 Å². The van der Waals surface area contributed by atoms with Gasteiger partial charge in [0.15, 0.2) is 0 Å². The molecule has 19 heavy (non-hydrogen) atoms. The Morgan fingerprint density at radius 2 is 1.47 bits per heavy atom. The highest BCUT2D eigenvalue weighted by Gasteiger charge is 2.14. The molecule has 0 heterocycles. The van der Waals surface area contributed by atoms with Crippen LogP contribution in [0.1, 0.15) is 20.7 Å². The molecular formula is C14H12N2O2S. The van der Waals surface area contributed by atoms with Gasteiger partial charge < -0.3 is 5.73 Å². The van der Waals surface area contributed by atoms with Crippen LogP contribution >= 0.6 is 11.9 Å². The van der Waals surface area contributed by atoms with Crippen molar-refractivity contribution in [2.24, 2.45) is 5.73 Å². The minimum atomic E-state index is -0.615. The normalized spacial score (nSPS) is 9.89. The summed E-state index contributed by atoms with van der Waals surface area (Å²) in [5, 5.41) is 0. The van der Waals surface area contributed by atoms with Gasteiger partial charge in [0.2, 0.25) is 5.91 Å². The highest BCUT2D eigenvalue weighted by molar-refractivity contribution is 7.98. The molecule has 2 aromatic rings. The molecule has 96 valence electrons. The van der Waals surface area contributed by atoms with Crippen LogP contribution in [0.25, 0.3) is 0 Å². The molecular weight excluding hydrogens is 260 g/mol. The Labute approximate surface area is 115 Å². The Balaban J connectivity index is 2.10. The summed E-state index contributed by atoms with van der Waals surface area (Å²) in [6.07, 6.45) is 0. The second-order valence-corrected chi connectivity index (χ2v) is 4.64. The zero-order valence-electron chi connectivity index (χ0n) is 10.00. The van der Waals surface area contributed by atoms with Crippen LogP contribution in [0, 0.1) is 0 Å². The highest BCUT2D eigenvalue weighted by atomic mass is 32.2. The quantitative estimate of drug-likeness (QED) is 0.838. The first-order chi connectivity index (χ1) is 9.18. The number of nitrogens with two attached hydrogens (primary N) is 1. The molecule has 4 nitrogen and oxygen atoms in total. The van der Waals surface area contributed by atoms with Gasteiger partial charge in [0, 0.05) is 4.90 Å². The molecule has 0 saturated heterocycles. The fourth-order valence-electron chi connectivity index (χ4n) is 1.54. The molecule has 0 aromatic heterocycles. The zero-order valence-corrected chi connectivity index (χ0v) is 10.8. The molecule has 0 unspecified atom stereocenters. The van der Waals surface area contributed by atoms with E-state index < -0.39 is 5.91 Å². The summed E-state index contributed by atoms with van der Waals surface area (Å²) in [6.45, 7) is 0. The summed E-state index contributed by atoms with van der Waals surface area (Å²) in [5.41, 5.74) is 5.73. The van der Waals surface area contributed by atoms with Gasteiger partial charge in [-0.1, -0.05) is 30.3 Å². The summed E-state index contributed by atoms with van der Waals surface area (Å²) < 4.78 is 2.68. The summed E-state index contributed by atoms with van der Waals surface area (Å²) in [6, 6.07) is 15.9. The Hall–Kier alpha value is -2.27. The van der Waals surface area contributed by atoms with Crippen LogP contribution in [-0.2, 0) is 0 Å². The summed E-state index contributed by atoms with van der Waals surface area (Å²) in [7, 11) is 0. The number of rotatable bonds is 4. The predicted molar refractivity (Wildman–Crippen MR) is 74.7 cm³/mol. The van der Waals surface area contributed by atoms with E-state index in [1.807, 2.05) is 30.3 Å². The van der Waals surface area contributed by atoms with E-state index in [0.29, 0.717) is 0 Å². The zero-order chi connectivity index (χ0) is 13.7. The third-order valence-electron chi connectivity index (χ3n) is 2.44. The van der Waals surface area contributed by atoms with E-state index in [-0.39, 0.29) is 17.0 Å². The van der Waals surface area contributed by atoms with Crippen molar-refractivity contribution in [3.8, 4) is 0 Å². The number of amides is 2. The van der Waals surface area contributed by atoms with Crippen molar-refractivity contribution < 1.29 is 9.59 Å². The van der Waals surface area contributed by atoms with Crippen LogP contribution < -0.4 is 10.5 Å². The highest BCUT2D eigenvalue weighted by Crippen LogP contribution is 2.15. The minimum Gasteiger partial charge on any atom is -0.366 e. The van der Waals surface area contributed by atoms with E-state index in [2.05, 4.69) is 4.72 Å². The number of nitrogens with one attached hydrogen (secondary N) is 1. The number of hydrogen-bond acceptors (Lipinski definition) is 3. The predicted octanol–water partition coefficient (Wildman–Crippen LogP) is 2.22. The Bertz CT molecular complexity index is 599. The number of primary amides is 1. The molecule has 0 radical (unpaired) electrons. The van der Waals surface area contributed by atoms with Crippen LogP contribution in [0.15, 0.2) is 59.5 Å². The smallest absolute Gasteiger partial charge is 0.262 e. The third kappa shape index (κ3) is 3.35. The van der Waals surface area contributed by atoms with Gasteiger partial charge in [0.05, 0.1) is 11.1 Å². The molecule has 0 aliphatic heterocycles. The lowest BCUT2D eigenvalue weighted by molar-refractivity contribution is 0.0958. The van der Waals surface area contributed by atoms with E-state index in [0.717, 1.165) is 4.90 Å². The van der Waals surface area contributed by atoms with Gasteiger partial charge in [-0.15, -0.1) is 0 Å². The molecule has 0 bridgehead atoms. The molecule has 0 aliphatic rings. The molecule has 5 heteroatoms. The molecule has 0 atom stereocenters. The lowest BCUT2D eigenvalue weighted by atomic mass is 10.1. The Kier molecular flexibility index (Phi) is 4.20. The van der Waals surface area contributed by atoms with Crippen LogP contribution in [0.3, 0.4) is 0 Å². The molecule has 2 amide bonds. The van der Waals surface area contributed by atoms with E-state index in [4.69, 9.17) is 5.73 Å². The molecule has 0 fully saturated rings. The van der Waals surface area contributed by atoms with Crippen LogP contribution in [0.4, 0.5) is 0 Å². The maximum absolute atomic E-state index is 12.0. The van der Waals surface area contributed by atoms with Gasteiger partial charge in [0.1, 0.15) is 0 Å². The van der Waals surface area contributed by atoms with Crippen LogP contribution in [0.2, 0.25) is 0 Å². The Morgan fingerprint density at radius 1 is 0.895 bits per heavy atom. The van der Waals surface area contributed by atoms with Gasteiger partial charge in [-0.3, -0.25) is 14.3 Å². The van der Waals surface area contributed by atoms with Crippen molar-refractivity contribution in [1.29, 1.82) is 0 Å². The van der Waals surface area contributed by atoms with Crippen LogP contribution in [-0.4, -0.2) is 11.8 Å². The molecule has 0 saturated carbocycles. The first kappa shape index (κ1) is 13.2. The number of benzene rings is 2. The lowest BCUT2D eigenvalue weighted by Crippen LogP contribution is -2.22. The summed E-state index contributed by atoms with van der Waals surface area (Å²) in [5.74, 6) is -0.960. The van der Waals surface area contributed by atoms with Crippen molar-refractivity contribution in [3.05, 3.63) is 65.7 Å². The van der Waals surface area contributed by atoms with Gasteiger partial charge in [0.25, 0.3) is 5.91 Å². The maximum atomic E-state index is 12.0. The van der Waals surface area contributed by atoms with Gasteiger partial charge in [-0.25, -0.2) is 0 Å². The van der Waals surface area contributed by atoms with E-state index in [1.165, 1.54) is 18.0 Å². The fourth-order valence-corrected chi connectivity index (χ4v) is 2.16. The first-order valence-corrected chi connectivity index (χ1v) is 6.41. The summed E-state index contributed by atoms with van der Waals surface area (Å²) in [4.78, 5) is 24.1. The standard InChI is InChI=1S/C14H12N2O2S/c15-13(17)11-8-4-5-9-12(11)14(18)16-19-10-6-2-1-3-7-10/h1-9H,(H2,15,17)(H,16,18).